The van der Waals surface area contributed by atoms with Gasteiger partial charge in [0.2, 0.25) is 0 Å². The second-order valence-electron chi connectivity index (χ2n) is 25.8. The minimum atomic E-state index is 0.372. The predicted molar refractivity (Wildman–Crippen MR) is 397 cm³/mol. The van der Waals surface area contributed by atoms with Crippen LogP contribution in [0.2, 0.25) is 0 Å². The topological polar surface area (TPSA) is 164 Å². The lowest BCUT2D eigenvalue weighted by atomic mass is 9.95. The smallest absolute Gasteiger partial charge is 0.168 e. The number of nitrogens with one attached hydrogen (secondary N) is 2. The minimum Gasteiger partial charge on any atom is -0.495 e. The van der Waals surface area contributed by atoms with Crippen molar-refractivity contribution in [3.8, 4) is 80.0 Å². The van der Waals surface area contributed by atoms with E-state index in [0.717, 1.165) is 172 Å². The number of rotatable bonds is 21. The normalized spacial score (nSPS) is 12.1. The SMILES string of the molecule is CCCCOc1c2c(c(OCCCC)c3cc4ccccc4cc13)-c1nc-2nc2[nH]c(nc3nc(nc4[nH]c(n1)c1c(C)c5cc6ccccc6cc5c(OCCCC)c41)-c1c-3c(OCCCC)c3cc4ccccc4cc3c1OCCCC)c1c(OC)c3ccccc3c(C)c21. The molecule has 97 heavy (non-hydrogen) atoms. The molecule has 0 aliphatic carbocycles. The summed E-state index contributed by atoms with van der Waals surface area (Å²) in [6.45, 7) is 17.5. The number of ether oxygens (including phenoxy) is 6. The van der Waals surface area contributed by atoms with Gasteiger partial charge >= 0.3 is 0 Å². The van der Waals surface area contributed by atoms with E-state index < -0.39 is 0 Å². The summed E-state index contributed by atoms with van der Waals surface area (Å²) in [7, 11) is 1.72. The monoisotopic (exact) mass is 1280 g/mol. The van der Waals surface area contributed by atoms with Gasteiger partial charge in [-0.25, -0.2) is 29.9 Å². The summed E-state index contributed by atoms with van der Waals surface area (Å²) in [5.74, 6) is 5.44. The van der Waals surface area contributed by atoms with Crippen molar-refractivity contribution in [1.29, 1.82) is 0 Å². The molecule has 0 unspecified atom stereocenters. The molecule has 0 spiro atoms. The Morgan fingerprint density at radius 2 is 0.557 bits per heavy atom. The summed E-state index contributed by atoms with van der Waals surface area (Å²) in [6.07, 6.45) is 8.75. The number of aryl methyl sites for hydroxylation is 2. The van der Waals surface area contributed by atoms with Gasteiger partial charge in [-0.3, -0.25) is 0 Å². The third kappa shape index (κ3) is 10.3. The molecule has 14 heteroatoms. The van der Waals surface area contributed by atoms with E-state index in [9.17, 15) is 0 Å². The molecule has 0 radical (unpaired) electrons. The Labute approximate surface area is 562 Å². The van der Waals surface area contributed by atoms with Crippen LogP contribution in [0.5, 0.6) is 34.5 Å². The Kier molecular flexibility index (Phi) is 16.1. The summed E-state index contributed by atoms with van der Waals surface area (Å²) in [5, 5.41) is 17.0. The van der Waals surface area contributed by atoms with Crippen molar-refractivity contribution >= 4 is 120 Å². The Balaban J connectivity index is 1.16. The summed E-state index contributed by atoms with van der Waals surface area (Å²) in [5.41, 5.74) is 6.63. The van der Waals surface area contributed by atoms with Gasteiger partial charge < -0.3 is 38.4 Å². The maximum absolute atomic E-state index is 7.26. The third-order valence-corrected chi connectivity index (χ3v) is 19.5. The van der Waals surface area contributed by atoms with Crippen molar-refractivity contribution in [1.82, 2.24) is 39.9 Å². The first kappa shape index (κ1) is 61.3. The molecule has 2 N–H and O–H groups in total. The molecule has 486 valence electrons. The summed E-state index contributed by atoms with van der Waals surface area (Å²) in [6, 6.07) is 47.2. The lowest BCUT2D eigenvalue weighted by molar-refractivity contribution is 0.308. The van der Waals surface area contributed by atoms with E-state index in [0.29, 0.717) is 136 Å². The van der Waals surface area contributed by atoms with Crippen molar-refractivity contribution in [2.45, 2.75) is 113 Å². The molecule has 0 fully saturated rings. The van der Waals surface area contributed by atoms with Crippen LogP contribution in [0.25, 0.3) is 165 Å². The Morgan fingerprint density at radius 3 is 0.887 bits per heavy atom. The second-order valence-corrected chi connectivity index (χ2v) is 25.8. The highest BCUT2D eigenvalue weighted by atomic mass is 16.5. The number of unbranched alkanes of at least 4 members (excludes halogenated alkanes) is 5. The fourth-order valence-electron chi connectivity index (χ4n) is 14.5. The van der Waals surface area contributed by atoms with Crippen molar-refractivity contribution in [3.63, 3.8) is 0 Å². The fraction of sp³-hybridized carbons (Fsp3) is 0.277. The van der Waals surface area contributed by atoms with Crippen LogP contribution in [0.15, 0.2) is 133 Å². The van der Waals surface area contributed by atoms with Gasteiger partial charge in [0, 0.05) is 43.1 Å². The van der Waals surface area contributed by atoms with Crippen LogP contribution < -0.4 is 28.4 Å². The number of methoxy groups -OCH3 is 1. The van der Waals surface area contributed by atoms with E-state index >= 15 is 0 Å². The maximum Gasteiger partial charge on any atom is 0.168 e. The van der Waals surface area contributed by atoms with E-state index in [1.54, 1.807) is 7.11 Å². The number of aromatic nitrogens is 8. The molecule has 16 rings (SSSR count). The molecular formula is C83H78N8O6. The summed E-state index contributed by atoms with van der Waals surface area (Å²) >= 11 is 0. The van der Waals surface area contributed by atoms with Gasteiger partial charge in [-0.2, -0.15) is 0 Å². The maximum atomic E-state index is 7.26. The van der Waals surface area contributed by atoms with E-state index in [1.165, 1.54) is 0 Å². The van der Waals surface area contributed by atoms with Crippen LogP contribution in [-0.2, 0) is 0 Å². The van der Waals surface area contributed by atoms with Gasteiger partial charge in [-0.15, -0.1) is 0 Å². The second kappa shape index (κ2) is 25.5. The van der Waals surface area contributed by atoms with Gasteiger partial charge in [0.25, 0.3) is 0 Å². The molecule has 0 amide bonds. The summed E-state index contributed by atoms with van der Waals surface area (Å²) < 4.78 is 42.9. The molecule has 14 nitrogen and oxygen atoms in total. The number of fused-ring (bicyclic) bond motifs is 27. The van der Waals surface area contributed by atoms with Gasteiger partial charge in [0.05, 0.1) is 73.2 Å². The first-order chi connectivity index (χ1) is 47.7. The van der Waals surface area contributed by atoms with Crippen LogP contribution in [0.4, 0.5) is 0 Å². The van der Waals surface area contributed by atoms with E-state index in [4.69, 9.17) is 58.3 Å². The van der Waals surface area contributed by atoms with Crippen LogP contribution in [0, 0.1) is 13.8 Å². The van der Waals surface area contributed by atoms with E-state index in [-0.39, 0.29) is 0 Å². The third-order valence-electron chi connectivity index (χ3n) is 19.5. The standard InChI is InChI=1S/C83H78N8O6/c1-9-14-35-93-71-57-41-49-28-20-19-27-48(49)40-56(57)47(7)63-65(71)79-85-77(63)87-81-67-66(72(94-36-15-10-2)58-42-50-29-21-22-30-51(50)43-59(58)73(67)95-37-16-11-3)80(90-81)86-76-62-46(6)54-33-25-26-34-55(54)70(92-8)64(62)78(84-76)88-82-68-69(83(89-79)91-82)75(97-39-18-13-5)61-45-53-32-24-23-31-52(53)44-60(61)74(68)96-38-17-12-4/h19-34,40-45H,9-18,35-39H2,1-8H3,(H2,84,85,86,87,88,89,90,91). The van der Waals surface area contributed by atoms with Crippen LogP contribution in [0.1, 0.15) is 110 Å². The van der Waals surface area contributed by atoms with Crippen molar-refractivity contribution in [2.24, 2.45) is 0 Å². The number of hydrogen-bond acceptors (Lipinski definition) is 12. The van der Waals surface area contributed by atoms with Gasteiger partial charge in [-0.1, -0.05) is 164 Å². The van der Waals surface area contributed by atoms with Crippen molar-refractivity contribution in [3.05, 3.63) is 145 Å². The average molecular weight is 1280 g/mol. The summed E-state index contributed by atoms with van der Waals surface area (Å²) in [4.78, 5) is 42.7. The Morgan fingerprint density at radius 1 is 0.289 bits per heavy atom. The largest absolute Gasteiger partial charge is 0.495 e. The van der Waals surface area contributed by atoms with Crippen LogP contribution in [-0.4, -0.2) is 80.0 Å². The number of H-pyrrole nitrogens is 2. The predicted octanol–water partition coefficient (Wildman–Crippen LogP) is 21.5. The molecule has 3 aromatic heterocycles. The molecule has 14 aromatic rings. The minimum absolute atomic E-state index is 0.372. The fourth-order valence-corrected chi connectivity index (χ4v) is 14.5. The zero-order valence-corrected chi connectivity index (χ0v) is 56.4. The Bertz CT molecular complexity index is 5720. The molecule has 0 saturated heterocycles. The quantitative estimate of drug-likeness (QED) is 0.0518. The average Bonchev–Trinajstić information content (AvgIpc) is 1.61. The molecular weight excluding hydrogens is 1200 g/mol. The molecule has 2 aliphatic rings. The zero-order valence-electron chi connectivity index (χ0n) is 56.4. The molecule has 8 bridgehead atoms. The number of benzene rings is 11. The molecule has 2 aliphatic heterocycles. The number of nitrogens with zero attached hydrogens (tertiary/aromatic N) is 6. The van der Waals surface area contributed by atoms with Gasteiger partial charge in [-0.05, 0) is 137 Å². The van der Waals surface area contributed by atoms with E-state index in [2.05, 4.69) is 186 Å². The lowest BCUT2D eigenvalue weighted by Crippen LogP contribution is -2.04. The zero-order chi connectivity index (χ0) is 66.0. The van der Waals surface area contributed by atoms with Gasteiger partial charge in [0.1, 0.15) is 57.1 Å². The van der Waals surface area contributed by atoms with E-state index in [1.807, 2.05) is 6.07 Å². The van der Waals surface area contributed by atoms with Crippen LogP contribution >= 0.6 is 0 Å². The highest BCUT2D eigenvalue weighted by molar-refractivity contribution is 6.23. The first-order valence-electron chi connectivity index (χ1n) is 34.8. The highest BCUT2D eigenvalue weighted by Gasteiger charge is 2.36. The van der Waals surface area contributed by atoms with Crippen LogP contribution in [0.3, 0.4) is 0 Å². The first-order valence-corrected chi connectivity index (χ1v) is 34.8. The molecule has 0 saturated carbocycles. The molecule has 5 heterocycles. The molecule has 0 atom stereocenters. The number of aromatic amines is 2. The molecule has 11 aromatic carbocycles. The van der Waals surface area contributed by atoms with Gasteiger partial charge in [0.15, 0.2) is 23.3 Å². The number of hydrogen-bond donors (Lipinski definition) is 2. The Hall–Kier alpha value is -10.6. The lowest BCUT2D eigenvalue weighted by Gasteiger charge is -2.19. The van der Waals surface area contributed by atoms with Crippen molar-refractivity contribution < 1.29 is 28.4 Å². The highest BCUT2D eigenvalue weighted by Crippen LogP contribution is 2.56. The van der Waals surface area contributed by atoms with Crippen molar-refractivity contribution in [2.75, 3.05) is 40.1 Å².